The van der Waals surface area contributed by atoms with Crippen molar-refractivity contribution in [3.05, 3.63) is 44.6 Å². The van der Waals surface area contributed by atoms with Crippen LogP contribution in [-0.2, 0) is 0 Å². The third-order valence-electron chi connectivity index (χ3n) is 3.14. The van der Waals surface area contributed by atoms with Crippen molar-refractivity contribution < 1.29 is 0 Å². The smallest absolute Gasteiger partial charge is 0.0589 e. The highest BCUT2D eigenvalue weighted by Gasteiger charge is 2.12. The lowest BCUT2D eigenvalue weighted by molar-refractivity contribution is 0.900. The van der Waals surface area contributed by atoms with Crippen LogP contribution in [0.15, 0.2) is 34.1 Å². The summed E-state index contributed by atoms with van der Waals surface area (Å²) >= 11 is 5.37. The number of hydrogen-bond donors (Lipinski definition) is 1. The van der Waals surface area contributed by atoms with E-state index in [1.807, 2.05) is 0 Å². The van der Waals surface area contributed by atoms with Gasteiger partial charge in [0.05, 0.1) is 6.04 Å². The number of aryl methyl sites for hydroxylation is 1. The first-order valence-electron chi connectivity index (χ1n) is 6.26. The third-order valence-corrected chi connectivity index (χ3v) is 5.19. The van der Waals surface area contributed by atoms with Crippen LogP contribution in [0.4, 0.5) is 11.4 Å². The number of rotatable bonds is 4. The molecule has 2 rings (SSSR count). The number of nitrogens with one attached hydrogen (secondary N) is 1. The van der Waals surface area contributed by atoms with Crippen molar-refractivity contribution in [2.24, 2.45) is 0 Å². The monoisotopic (exact) mass is 338 g/mol. The van der Waals surface area contributed by atoms with Gasteiger partial charge < -0.3 is 10.2 Å². The molecule has 0 spiro atoms. The molecule has 0 aliphatic carbocycles. The van der Waals surface area contributed by atoms with Crippen LogP contribution < -0.4 is 10.2 Å². The molecule has 1 heterocycles. The van der Waals surface area contributed by atoms with Gasteiger partial charge in [-0.1, -0.05) is 0 Å². The number of hydrogen-bond acceptors (Lipinski definition) is 3. The Morgan fingerprint density at radius 2 is 2.00 bits per heavy atom. The van der Waals surface area contributed by atoms with Crippen molar-refractivity contribution >= 4 is 38.6 Å². The SMILES string of the molecule is Cc1cc(N(C)C)ccc1NC(C)c1sccc1Br. The van der Waals surface area contributed by atoms with Gasteiger partial charge in [0.1, 0.15) is 0 Å². The summed E-state index contributed by atoms with van der Waals surface area (Å²) in [7, 11) is 4.13. The fourth-order valence-corrected chi connectivity index (χ4v) is 3.73. The zero-order valence-corrected chi connectivity index (χ0v) is 14.1. The molecule has 1 aromatic heterocycles. The second kappa shape index (κ2) is 5.97. The summed E-state index contributed by atoms with van der Waals surface area (Å²) in [5, 5.41) is 5.69. The number of nitrogens with zero attached hydrogens (tertiary/aromatic N) is 1. The molecule has 0 radical (unpaired) electrons. The number of thiophene rings is 1. The van der Waals surface area contributed by atoms with Crippen molar-refractivity contribution in [1.82, 2.24) is 0 Å². The normalized spacial score (nSPS) is 12.3. The van der Waals surface area contributed by atoms with Crippen LogP contribution in [0.2, 0.25) is 0 Å². The molecule has 2 aromatic rings. The fourth-order valence-electron chi connectivity index (χ4n) is 2.00. The largest absolute Gasteiger partial charge is 0.378 e. The Labute approximate surface area is 127 Å². The molecule has 0 saturated carbocycles. The van der Waals surface area contributed by atoms with E-state index >= 15 is 0 Å². The minimum absolute atomic E-state index is 0.304. The van der Waals surface area contributed by atoms with Crippen molar-refractivity contribution in [2.75, 3.05) is 24.3 Å². The lowest BCUT2D eigenvalue weighted by Gasteiger charge is -2.19. The van der Waals surface area contributed by atoms with Crippen LogP contribution in [-0.4, -0.2) is 14.1 Å². The van der Waals surface area contributed by atoms with Gasteiger partial charge in [-0.25, -0.2) is 0 Å². The Bertz CT molecular complexity index is 563. The number of benzene rings is 1. The molecule has 4 heteroatoms. The van der Waals surface area contributed by atoms with Crippen LogP contribution in [0.1, 0.15) is 23.4 Å². The molecule has 0 saturated heterocycles. The van der Waals surface area contributed by atoms with Crippen LogP contribution in [0, 0.1) is 6.92 Å². The van der Waals surface area contributed by atoms with E-state index in [0.29, 0.717) is 6.04 Å². The standard InChI is InChI=1S/C15H19BrN2S/c1-10-9-12(18(3)4)5-6-14(10)17-11(2)15-13(16)7-8-19-15/h5-9,11,17H,1-4H3. The zero-order valence-electron chi connectivity index (χ0n) is 11.7. The summed E-state index contributed by atoms with van der Waals surface area (Å²) in [6.45, 7) is 4.33. The summed E-state index contributed by atoms with van der Waals surface area (Å²) in [5.74, 6) is 0. The molecule has 1 N–H and O–H groups in total. The van der Waals surface area contributed by atoms with Gasteiger partial charge in [0, 0.05) is 34.8 Å². The topological polar surface area (TPSA) is 15.3 Å². The fraction of sp³-hybridized carbons (Fsp3) is 0.333. The Balaban J connectivity index is 2.18. The van der Waals surface area contributed by atoms with E-state index in [9.17, 15) is 0 Å². The first-order chi connectivity index (χ1) is 8.99. The molecule has 0 aliphatic rings. The third kappa shape index (κ3) is 3.31. The molecule has 2 nitrogen and oxygen atoms in total. The van der Waals surface area contributed by atoms with E-state index in [2.05, 4.69) is 83.7 Å². The Hall–Kier alpha value is -1.00. The van der Waals surface area contributed by atoms with E-state index in [4.69, 9.17) is 0 Å². The minimum atomic E-state index is 0.304. The zero-order chi connectivity index (χ0) is 14.0. The van der Waals surface area contributed by atoms with E-state index in [0.717, 1.165) is 0 Å². The van der Waals surface area contributed by atoms with Gasteiger partial charge in [0.15, 0.2) is 0 Å². The number of anilines is 2. The summed E-state index contributed by atoms with van der Waals surface area (Å²) in [5.41, 5.74) is 3.69. The van der Waals surface area contributed by atoms with Gasteiger partial charge in [0.25, 0.3) is 0 Å². The average molecular weight is 339 g/mol. The van der Waals surface area contributed by atoms with E-state index in [1.54, 1.807) is 11.3 Å². The second-order valence-electron chi connectivity index (χ2n) is 4.89. The molecular formula is C15H19BrN2S. The van der Waals surface area contributed by atoms with Crippen LogP contribution in [0.5, 0.6) is 0 Å². The van der Waals surface area contributed by atoms with Crippen molar-refractivity contribution in [3.8, 4) is 0 Å². The van der Waals surface area contributed by atoms with Gasteiger partial charge in [-0.15, -0.1) is 11.3 Å². The maximum absolute atomic E-state index is 3.59. The second-order valence-corrected chi connectivity index (χ2v) is 6.69. The molecule has 102 valence electrons. The molecule has 1 atom stereocenters. The molecule has 0 aliphatic heterocycles. The molecule has 0 fully saturated rings. The van der Waals surface area contributed by atoms with Crippen LogP contribution >= 0.6 is 27.3 Å². The lowest BCUT2D eigenvalue weighted by Crippen LogP contribution is -2.10. The molecule has 0 bridgehead atoms. The predicted molar refractivity (Wildman–Crippen MR) is 89.6 cm³/mol. The number of halogens is 1. The maximum atomic E-state index is 3.59. The predicted octanol–water partition coefficient (Wildman–Crippen LogP) is 5.06. The Morgan fingerprint density at radius 3 is 2.53 bits per heavy atom. The minimum Gasteiger partial charge on any atom is -0.378 e. The van der Waals surface area contributed by atoms with Gasteiger partial charge in [-0.3, -0.25) is 0 Å². The first kappa shape index (κ1) is 14.4. The quantitative estimate of drug-likeness (QED) is 0.838. The highest BCUT2D eigenvalue weighted by Crippen LogP contribution is 2.32. The Morgan fingerprint density at radius 1 is 1.26 bits per heavy atom. The molecule has 0 amide bonds. The maximum Gasteiger partial charge on any atom is 0.0589 e. The molecule has 1 aromatic carbocycles. The van der Waals surface area contributed by atoms with Crippen molar-refractivity contribution in [3.63, 3.8) is 0 Å². The summed E-state index contributed by atoms with van der Waals surface area (Å²) in [6, 6.07) is 8.91. The van der Waals surface area contributed by atoms with Gasteiger partial charge in [-0.05, 0) is 65.0 Å². The van der Waals surface area contributed by atoms with Crippen LogP contribution in [0.3, 0.4) is 0 Å². The van der Waals surface area contributed by atoms with Gasteiger partial charge >= 0.3 is 0 Å². The Kier molecular flexibility index (Phi) is 4.53. The highest BCUT2D eigenvalue weighted by atomic mass is 79.9. The summed E-state index contributed by atoms with van der Waals surface area (Å²) in [6.07, 6.45) is 0. The highest BCUT2D eigenvalue weighted by molar-refractivity contribution is 9.10. The molecule has 1 unspecified atom stereocenters. The van der Waals surface area contributed by atoms with E-state index < -0.39 is 0 Å². The average Bonchev–Trinajstić information content (AvgIpc) is 2.77. The van der Waals surface area contributed by atoms with Gasteiger partial charge in [-0.2, -0.15) is 0 Å². The first-order valence-corrected chi connectivity index (χ1v) is 7.93. The van der Waals surface area contributed by atoms with Crippen molar-refractivity contribution in [2.45, 2.75) is 19.9 Å². The summed E-state index contributed by atoms with van der Waals surface area (Å²) < 4.78 is 1.18. The van der Waals surface area contributed by atoms with Crippen molar-refractivity contribution in [1.29, 1.82) is 0 Å². The van der Waals surface area contributed by atoms with E-state index in [1.165, 1.54) is 26.3 Å². The van der Waals surface area contributed by atoms with E-state index in [-0.39, 0.29) is 0 Å². The van der Waals surface area contributed by atoms with Crippen LogP contribution in [0.25, 0.3) is 0 Å². The summed E-state index contributed by atoms with van der Waals surface area (Å²) in [4.78, 5) is 3.45. The molecule has 19 heavy (non-hydrogen) atoms. The van der Waals surface area contributed by atoms with Gasteiger partial charge in [0.2, 0.25) is 0 Å². The lowest BCUT2D eigenvalue weighted by atomic mass is 10.1. The molecular weight excluding hydrogens is 320 g/mol.